The normalized spacial score (nSPS) is 10.4. The summed E-state index contributed by atoms with van der Waals surface area (Å²) in [5.74, 6) is 0.0681. The molecule has 0 saturated carbocycles. The first-order valence-electron chi connectivity index (χ1n) is 4.94. The molecular weight excluding hydrogens is 240 g/mol. The molecule has 1 nitrogen and oxygen atoms in total. The molecule has 0 saturated heterocycles. The molecule has 0 aliphatic heterocycles. The molecule has 0 bridgehead atoms. The topological polar surface area (TPSA) is 17.1 Å². The van der Waals surface area contributed by atoms with E-state index in [9.17, 15) is 4.79 Å². The number of thiophene rings is 1. The molecule has 1 aromatic heterocycles. The van der Waals surface area contributed by atoms with Crippen LogP contribution in [0.2, 0.25) is 5.02 Å². The van der Waals surface area contributed by atoms with Gasteiger partial charge in [-0.1, -0.05) is 11.6 Å². The number of benzene rings is 1. The Morgan fingerprint density at radius 3 is 2.56 bits per heavy atom. The fourth-order valence-electron chi connectivity index (χ4n) is 1.56. The fourth-order valence-corrected chi connectivity index (χ4v) is 2.38. The average molecular weight is 251 g/mol. The average Bonchev–Trinajstić information content (AvgIpc) is 2.67. The van der Waals surface area contributed by atoms with Crippen LogP contribution in [-0.4, -0.2) is 5.78 Å². The van der Waals surface area contributed by atoms with Gasteiger partial charge in [-0.05, 0) is 49.1 Å². The van der Waals surface area contributed by atoms with Crippen LogP contribution in [0.25, 0.3) is 0 Å². The van der Waals surface area contributed by atoms with Gasteiger partial charge < -0.3 is 0 Å². The van der Waals surface area contributed by atoms with E-state index in [-0.39, 0.29) is 5.78 Å². The van der Waals surface area contributed by atoms with Crippen molar-refractivity contribution in [3.8, 4) is 0 Å². The summed E-state index contributed by atoms with van der Waals surface area (Å²) in [7, 11) is 0. The van der Waals surface area contributed by atoms with E-state index in [0.29, 0.717) is 10.6 Å². The molecule has 2 rings (SSSR count). The van der Waals surface area contributed by atoms with Crippen molar-refractivity contribution < 1.29 is 4.79 Å². The molecule has 1 heterocycles. The predicted molar refractivity (Wildman–Crippen MR) is 68.7 cm³/mol. The third kappa shape index (κ3) is 2.04. The summed E-state index contributed by atoms with van der Waals surface area (Å²) in [6, 6.07) is 7.24. The zero-order valence-electron chi connectivity index (χ0n) is 9.08. The molecule has 1 aromatic carbocycles. The highest BCUT2D eigenvalue weighted by Gasteiger charge is 2.13. The van der Waals surface area contributed by atoms with Crippen LogP contribution in [0.3, 0.4) is 0 Å². The van der Waals surface area contributed by atoms with Crippen molar-refractivity contribution in [3.05, 3.63) is 56.2 Å². The lowest BCUT2D eigenvalue weighted by molar-refractivity contribution is 0.103. The van der Waals surface area contributed by atoms with Gasteiger partial charge in [0.25, 0.3) is 0 Å². The molecule has 0 unspecified atom stereocenters. The second-order valence-corrected chi connectivity index (χ2v) is 5.21. The number of hydrogen-bond acceptors (Lipinski definition) is 2. The molecule has 0 fully saturated rings. The lowest BCUT2D eigenvalue weighted by atomic mass is 10.0. The van der Waals surface area contributed by atoms with Crippen LogP contribution in [0.15, 0.2) is 29.6 Å². The molecule has 3 heteroatoms. The zero-order valence-corrected chi connectivity index (χ0v) is 10.7. The Balaban J connectivity index is 2.42. The highest BCUT2D eigenvalue weighted by Crippen LogP contribution is 2.22. The molecule has 2 aromatic rings. The van der Waals surface area contributed by atoms with Crippen LogP contribution in [0.4, 0.5) is 0 Å². The molecule has 16 heavy (non-hydrogen) atoms. The standard InChI is InChI=1S/C13H11ClOS/c1-8-7-10(3-4-12(8)14)13(15)11-5-6-16-9(11)2/h3-7H,1-2H3. The first-order chi connectivity index (χ1) is 7.59. The van der Waals surface area contributed by atoms with Gasteiger partial charge in [0.1, 0.15) is 0 Å². The van der Waals surface area contributed by atoms with Gasteiger partial charge in [0, 0.05) is 21.0 Å². The van der Waals surface area contributed by atoms with Crippen LogP contribution in [0.1, 0.15) is 26.4 Å². The summed E-state index contributed by atoms with van der Waals surface area (Å²) in [5.41, 5.74) is 2.41. The maximum absolute atomic E-state index is 12.2. The van der Waals surface area contributed by atoms with Crippen LogP contribution >= 0.6 is 22.9 Å². The van der Waals surface area contributed by atoms with Crippen molar-refractivity contribution in [1.29, 1.82) is 0 Å². The summed E-state index contributed by atoms with van der Waals surface area (Å²) in [6.45, 7) is 3.86. The van der Waals surface area contributed by atoms with Gasteiger partial charge in [0.2, 0.25) is 0 Å². The molecule has 0 spiro atoms. The van der Waals surface area contributed by atoms with Crippen LogP contribution < -0.4 is 0 Å². The van der Waals surface area contributed by atoms with Gasteiger partial charge in [-0.3, -0.25) is 4.79 Å². The Morgan fingerprint density at radius 2 is 2.00 bits per heavy atom. The first kappa shape index (κ1) is 11.4. The van der Waals surface area contributed by atoms with Gasteiger partial charge in [-0.15, -0.1) is 11.3 Å². The van der Waals surface area contributed by atoms with Crippen molar-refractivity contribution in [3.63, 3.8) is 0 Å². The molecule has 0 aliphatic rings. The van der Waals surface area contributed by atoms with E-state index >= 15 is 0 Å². The summed E-state index contributed by atoms with van der Waals surface area (Å²) in [5, 5.41) is 2.63. The summed E-state index contributed by atoms with van der Waals surface area (Å²) in [4.78, 5) is 13.2. The Labute approximate surface area is 104 Å². The molecule has 82 valence electrons. The van der Waals surface area contributed by atoms with Crippen molar-refractivity contribution in [2.75, 3.05) is 0 Å². The van der Waals surface area contributed by atoms with Crippen LogP contribution in [0.5, 0.6) is 0 Å². The fraction of sp³-hybridized carbons (Fsp3) is 0.154. The number of carbonyl (C=O) groups excluding carboxylic acids is 1. The van der Waals surface area contributed by atoms with E-state index in [1.54, 1.807) is 23.5 Å². The Hall–Kier alpha value is -1.12. The number of carbonyl (C=O) groups is 1. The van der Waals surface area contributed by atoms with E-state index < -0.39 is 0 Å². The van der Waals surface area contributed by atoms with E-state index in [0.717, 1.165) is 16.0 Å². The van der Waals surface area contributed by atoms with E-state index in [1.807, 2.05) is 31.4 Å². The molecule has 0 aliphatic carbocycles. The SMILES string of the molecule is Cc1cc(C(=O)c2ccsc2C)ccc1Cl. The summed E-state index contributed by atoms with van der Waals surface area (Å²) >= 11 is 7.52. The molecular formula is C13H11ClOS. The maximum Gasteiger partial charge on any atom is 0.194 e. The van der Waals surface area contributed by atoms with Gasteiger partial charge in [-0.25, -0.2) is 0 Å². The Morgan fingerprint density at radius 1 is 1.25 bits per heavy atom. The third-order valence-electron chi connectivity index (χ3n) is 2.52. The Bertz CT molecular complexity index is 543. The lowest BCUT2D eigenvalue weighted by Gasteiger charge is -2.03. The number of hydrogen-bond donors (Lipinski definition) is 0. The Kier molecular flexibility index (Phi) is 3.13. The zero-order chi connectivity index (χ0) is 11.7. The van der Waals surface area contributed by atoms with Crippen molar-refractivity contribution in [2.24, 2.45) is 0 Å². The van der Waals surface area contributed by atoms with E-state index in [4.69, 9.17) is 11.6 Å². The minimum atomic E-state index is 0.0681. The maximum atomic E-state index is 12.2. The number of halogens is 1. The van der Waals surface area contributed by atoms with Crippen molar-refractivity contribution in [2.45, 2.75) is 13.8 Å². The predicted octanol–water partition coefficient (Wildman–Crippen LogP) is 4.25. The van der Waals surface area contributed by atoms with Crippen molar-refractivity contribution >= 4 is 28.7 Å². The third-order valence-corrected chi connectivity index (χ3v) is 3.79. The van der Waals surface area contributed by atoms with E-state index in [2.05, 4.69) is 0 Å². The minimum absolute atomic E-state index is 0.0681. The lowest BCUT2D eigenvalue weighted by Crippen LogP contribution is -2.01. The van der Waals surface area contributed by atoms with Gasteiger partial charge in [0.05, 0.1) is 0 Å². The molecule has 0 atom stereocenters. The first-order valence-corrected chi connectivity index (χ1v) is 6.20. The number of aryl methyl sites for hydroxylation is 2. The number of rotatable bonds is 2. The minimum Gasteiger partial charge on any atom is -0.289 e. The van der Waals surface area contributed by atoms with Crippen LogP contribution in [0, 0.1) is 13.8 Å². The monoisotopic (exact) mass is 250 g/mol. The summed E-state index contributed by atoms with van der Waals surface area (Å²) < 4.78 is 0. The second-order valence-electron chi connectivity index (χ2n) is 3.68. The smallest absolute Gasteiger partial charge is 0.194 e. The molecule has 0 amide bonds. The second kappa shape index (κ2) is 4.40. The molecule has 0 N–H and O–H groups in total. The van der Waals surface area contributed by atoms with Gasteiger partial charge in [-0.2, -0.15) is 0 Å². The number of ketones is 1. The van der Waals surface area contributed by atoms with Crippen LogP contribution in [-0.2, 0) is 0 Å². The molecule has 0 radical (unpaired) electrons. The summed E-state index contributed by atoms with van der Waals surface area (Å²) in [6.07, 6.45) is 0. The van der Waals surface area contributed by atoms with E-state index in [1.165, 1.54) is 0 Å². The van der Waals surface area contributed by atoms with Gasteiger partial charge in [0.15, 0.2) is 5.78 Å². The largest absolute Gasteiger partial charge is 0.289 e. The van der Waals surface area contributed by atoms with Crippen molar-refractivity contribution in [1.82, 2.24) is 0 Å². The van der Waals surface area contributed by atoms with Gasteiger partial charge >= 0.3 is 0 Å². The highest BCUT2D eigenvalue weighted by molar-refractivity contribution is 7.10. The highest BCUT2D eigenvalue weighted by atomic mass is 35.5. The quantitative estimate of drug-likeness (QED) is 0.729.